The van der Waals surface area contributed by atoms with Gasteiger partial charge in [0.25, 0.3) is 0 Å². The van der Waals surface area contributed by atoms with E-state index < -0.39 is 0 Å². The summed E-state index contributed by atoms with van der Waals surface area (Å²) in [4.78, 5) is 24.7. The highest BCUT2D eigenvalue weighted by atomic mass is 35.5. The quantitative estimate of drug-likeness (QED) is 0.293. The maximum Gasteiger partial charge on any atom is 0.314 e. The number of halogens is 1. The fourth-order valence-corrected chi connectivity index (χ4v) is 3.24. The van der Waals surface area contributed by atoms with Crippen LogP contribution in [0.1, 0.15) is 48.0 Å². The van der Waals surface area contributed by atoms with Gasteiger partial charge in [0.15, 0.2) is 5.78 Å². The zero-order valence-corrected chi connectivity index (χ0v) is 15.2. The van der Waals surface area contributed by atoms with Crippen molar-refractivity contribution in [3.63, 3.8) is 0 Å². The van der Waals surface area contributed by atoms with Crippen LogP contribution in [-0.4, -0.2) is 11.8 Å². The molecule has 1 aliphatic carbocycles. The zero-order chi connectivity index (χ0) is 18.4. The topological polar surface area (TPSA) is 43.4 Å². The molecule has 1 aliphatic rings. The van der Waals surface area contributed by atoms with E-state index in [9.17, 15) is 9.59 Å². The summed E-state index contributed by atoms with van der Waals surface area (Å²) in [6.07, 6.45) is 8.30. The van der Waals surface area contributed by atoms with E-state index in [-0.39, 0.29) is 17.7 Å². The van der Waals surface area contributed by atoms with Gasteiger partial charge in [0, 0.05) is 16.1 Å². The summed E-state index contributed by atoms with van der Waals surface area (Å²) in [6, 6.07) is 14.0. The molecule has 0 heterocycles. The molecule has 0 aliphatic heterocycles. The first-order valence-electron chi connectivity index (χ1n) is 8.92. The average Bonchev–Trinajstić information content (AvgIpc) is 2.68. The number of ketones is 1. The third kappa shape index (κ3) is 4.83. The summed E-state index contributed by atoms with van der Waals surface area (Å²) in [5.41, 5.74) is 1.27. The second-order valence-corrected chi connectivity index (χ2v) is 6.93. The molecular weight excluding hydrogens is 348 g/mol. The summed E-state index contributed by atoms with van der Waals surface area (Å²) in [6.45, 7) is 0. The Hall–Kier alpha value is -2.39. The monoisotopic (exact) mass is 368 g/mol. The Morgan fingerprint density at radius 3 is 2.38 bits per heavy atom. The summed E-state index contributed by atoms with van der Waals surface area (Å²) in [5, 5.41) is 0.588. The Morgan fingerprint density at radius 1 is 0.962 bits per heavy atom. The number of hydrogen-bond acceptors (Lipinski definition) is 3. The molecular formula is C22H21ClO3. The van der Waals surface area contributed by atoms with Crippen LogP contribution < -0.4 is 4.74 Å². The smallest absolute Gasteiger partial charge is 0.314 e. The normalized spacial score (nSPS) is 15.1. The van der Waals surface area contributed by atoms with Crippen molar-refractivity contribution in [2.45, 2.75) is 32.1 Å². The second-order valence-electron chi connectivity index (χ2n) is 6.50. The van der Waals surface area contributed by atoms with Crippen LogP contribution in [-0.2, 0) is 4.79 Å². The van der Waals surface area contributed by atoms with E-state index in [4.69, 9.17) is 16.3 Å². The zero-order valence-electron chi connectivity index (χ0n) is 14.5. The largest absolute Gasteiger partial charge is 0.426 e. The standard InChI is InChI=1S/C22H21ClO3/c23-19-13-10-16(11-14-19)20(24)15-12-17-6-4-5-9-21(17)26-22(25)18-7-2-1-3-8-18/h4-6,9-15,18H,1-3,7-8H2. The molecule has 0 saturated heterocycles. The molecule has 3 nitrogen and oxygen atoms in total. The van der Waals surface area contributed by atoms with Crippen LogP contribution >= 0.6 is 11.6 Å². The molecule has 1 fully saturated rings. The number of hydrogen-bond donors (Lipinski definition) is 0. The van der Waals surface area contributed by atoms with Gasteiger partial charge in [-0.05, 0) is 55.3 Å². The highest BCUT2D eigenvalue weighted by Crippen LogP contribution is 2.27. The SMILES string of the molecule is O=C(C=Cc1ccccc1OC(=O)C1CCCCC1)c1ccc(Cl)cc1. The number of carbonyl (C=O) groups is 2. The average molecular weight is 369 g/mol. The van der Waals surface area contributed by atoms with Crippen LogP contribution in [0.25, 0.3) is 6.08 Å². The Morgan fingerprint density at radius 2 is 1.65 bits per heavy atom. The number of rotatable bonds is 5. The Labute approximate surface area is 158 Å². The van der Waals surface area contributed by atoms with Gasteiger partial charge in [-0.15, -0.1) is 0 Å². The minimum absolute atomic E-state index is 0.0171. The summed E-state index contributed by atoms with van der Waals surface area (Å²) in [7, 11) is 0. The molecule has 2 aromatic rings. The number of carbonyl (C=O) groups excluding carboxylic acids is 2. The third-order valence-electron chi connectivity index (χ3n) is 4.61. The number of esters is 1. The summed E-state index contributed by atoms with van der Waals surface area (Å²) < 4.78 is 5.62. The molecule has 3 rings (SSSR count). The maximum absolute atomic E-state index is 12.4. The van der Waals surface area contributed by atoms with Crippen molar-refractivity contribution >= 4 is 29.4 Å². The molecule has 0 unspecified atom stereocenters. The lowest BCUT2D eigenvalue weighted by atomic mass is 9.89. The van der Waals surface area contributed by atoms with Crippen molar-refractivity contribution in [2.75, 3.05) is 0 Å². The van der Waals surface area contributed by atoms with Gasteiger partial charge in [-0.25, -0.2) is 0 Å². The number of ether oxygens (including phenoxy) is 1. The Kier molecular flexibility index (Phi) is 6.24. The van der Waals surface area contributed by atoms with Crippen LogP contribution in [0.5, 0.6) is 5.75 Å². The molecule has 2 aromatic carbocycles. The molecule has 26 heavy (non-hydrogen) atoms. The van der Waals surface area contributed by atoms with Gasteiger partial charge < -0.3 is 4.74 Å². The lowest BCUT2D eigenvalue weighted by molar-refractivity contribution is -0.140. The molecule has 0 N–H and O–H groups in total. The van der Waals surface area contributed by atoms with Crippen LogP contribution in [0, 0.1) is 5.92 Å². The van der Waals surface area contributed by atoms with E-state index in [1.54, 1.807) is 36.4 Å². The predicted molar refractivity (Wildman–Crippen MR) is 103 cm³/mol. The van der Waals surface area contributed by atoms with Crippen molar-refractivity contribution < 1.29 is 14.3 Å². The lowest BCUT2D eigenvalue weighted by Gasteiger charge is -2.20. The lowest BCUT2D eigenvalue weighted by Crippen LogP contribution is -2.23. The first-order valence-corrected chi connectivity index (χ1v) is 9.30. The van der Waals surface area contributed by atoms with Crippen molar-refractivity contribution in [1.29, 1.82) is 0 Å². The van der Waals surface area contributed by atoms with Crippen molar-refractivity contribution in [1.82, 2.24) is 0 Å². The highest BCUT2D eigenvalue weighted by Gasteiger charge is 2.23. The third-order valence-corrected chi connectivity index (χ3v) is 4.86. The molecule has 134 valence electrons. The maximum atomic E-state index is 12.4. The Balaban J connectivity index is 1.71. The number of allylic oxidation sites excluding steroid dienone is 1. The molecule has 4 heteroatoms. The van der Waals surface area contributed by atoms with Gasteiger partial charge in [-0.3, -0.25) is 9.59 Å². The van der Waals surface area contributed by atoms with Gasteiger partial charge in [-0.1, -0.05) is 49.1 Å². The second kappa shape index (κ2) is 8.81. The van der Waals surface area contributed by atoms with Crippen molar-refractivity contribution in [3.05, 3.63) is 70.8 Å². The van der Waals surface area contributed by atoms with E-state index >= 15 is 0 Å². The van der Waals surface area contributed by atoms with Gasteiger partial charge in [0.2, 0.25) is 0 Å². The summed E-state index contributed by atoms with van der Waals surface area (Å²) in [5.74, 6) is 0.171. The molecule has 0 radical (unpaired) electrons. The predicted octanol–water partition coefficient (Wildman–Crippen LogP) is 5.72. The first-order chi connectivity index (χ1) is 12.6. The van der Waals surface area contributed by atoms with Gasteiger partial charge >= 0.3 is 5.97 Å². The van der Waals surface area contributed by atoms with E-state index in [0.717, 1.165) is 25.7 Å². The van der Waals surface area contributed by atoms with Gasteiger partial charge in [0.1, 0.15) is 5.75 Å². The van der Waals surface area contributed by atoms with Crippen LogP contribution in [0.4, 0.5) is 0 Å². The minimum Gasteiger partial charge on any atom is -0.426 e. The van der Waals surface area contributed by atoms with Crippen LogP contribution in [0.3, 0.4) is 0 Å². The van der Waals surface area contributed by atoms with Crippen LogP contribution in [0.2, 0.25) is 5.02 Å². The van der Waals surface area contributed by atoms with E-state index in [0.29, 0.717) is 21.9 Å². The first kappa shape index (κ1) is 18.4. The van der Waals surface area contributed by atoms with Crippen molar-refractivity contribution in [2.24, 2.45) is 5.92 Å². The molecule has 0 atom stereocenters. The molecule has 1 saturated carbocycles. The molecule has 0 bridgehead atoms. The van der Waals surface area contributed by atoms with Gasteiger partial charge in [-0.2, -0.15) is 0 Å². The fourth-order valence-electron chi connectivity index (χ4n) is 3.12. The number of para-hydroxylation sites is 1. The molecule has 0 spiro atoms. The molecule has 0 amide bonds. The Bertz CT molecular complexity index is 802. The highest BCUT2D eigenvalue weighted by molar-refractivity contribution is 6.30. The van der Waals surface area contributed by atoms with E-state index in [1.165, 1.54) is 12.5 Å². The number of benzene rings is 2. The van der Waals surface area contributed by atoms with E-state index in [2.05, 4.69) is 0 Å². The molecule has 0 aromatic heterocycles. The van der Waals surface area contributed by atoms with Gasteiger partial charge in [0.05, 0.1) is 5.92 Å². The van der Waals surface area contributed by atoms with Crippen molar-refractivity contribution in [3.8, 4) is 5.75 Å². The fraction of sp³-hybridized carbons (Fsp3) is 0.273. The van der Waals surface area contributed by atoms with E-state index in [1.807, 2.05) is 18.2 Å². The minimum atomic E-state index is -0.172. The summed E-state index contributed by atoms with van der Waals surface area (Å²) >= 11 is 5.84. The van der Waals surface area contributed by atoms with Crippen LogP contribution in [0.15, 0.2) is 54.6 Å².